The normalized spacial score (nSPS) is 14.2. The highest BCUT2D eigenvalue weighted by Gasteiger charge is 2.31. The Balaban J connectivity index is 0.000000606. The van der Waals surface area contributed by atoms with Crippen LogP contribution in [0.4, 0.5) is 0 Å². The fraction of sp³-hybridized carbons (Fsp3) is 0.182. The van der Waals surface area contributed by atoms with Crippen LogP contribution in [0.25, 0.3) is 0 Å². The number of hydrogen-bond acceptors (Lipinski definition) is 3. The van der Waals surface area contributed by atoms with Crippen molar-refractivity contribution in [2.45, 2.75) is 13.8 Å². The molecule has 1 aliphatic rings. The van der Waals surface area contributed by atoms with Crippen LogP contribution in [-0.4, -0.2) is 16.6 Å². The number of hydrogen-bond donors (Lipinski definition) is 0. The Bertz CT molecular complexity index is 438. The van der Waals surface area contributed by atoms with Gasteiger partial charge in [-0.05, 0) is 12.1 Å². The van der Waals surface area contributed by atoms with Crippen molar-refractivity contribution < 1.29 is 9.59 Å². The van der Waals surface area contributed by atoms with E-state index in [1.54, 1.807) is 6.07 Å². The molecule has 5 heteroatoms. The first kappa shape index (κ1) is 12.9. The van der Waals surface area contributed by atoms with Crippen LogP contribution in [0.3, 0.4) is 0 Å². The molecule has 0 aromatic carbocycles. The van der Waals surface area contributed by atoms with Crippen LogP contribution in [0.15, 0.2) is 28.4 Å². The first-order valence-electron chi connectivity index (χ1n) is 4.72. The zero-order valence-corrected chi connectivity index (χ0v) is 10.3. The summed E-state index contributed by atoms with van der Waals surface area (Å²) in [7, 11) is 0. The number of pyridine rings is 1. The standard InChI is InChI=1S/C9H3Cl2NO2.C2H6/c10-5-6(11)9(14)7-4(8(5)13)2-1-3-12-7;1-2/h1-3H;1-2H3. The van der Waals surface area contributed by atoms with E-state index >= 15 is 0 Å². The maximum Gasteiger partial charge on any atom is 0.225 e. The highest BCUT2D eigenvalue weighted by molar-refractivity contribution is 6.59. The predicted molar refractivity (Wildman–Crippen MR) is 63.0 cm³/mol. The SMILES string of the molecule is CC.O=C1C(Cl)=C(Cl)C(=O)c2ncccc21. The van der Waals surface area contributed by atoms with Crippen molar-refractivity contribution in [1.82, 2.24) is 4.98 Å². The summed E-state index contributed by atoms with van der Waals surface area (Å²) in [6.07, 6.45) is 1.42. The highest BCUT2D eigenvalue weighted by Crippen LogP contribution is 2.28. The van der Waals surface area contributed by atoms with Gasteiger partial charge in [0.05, 0.1) is 5.56 Å². The maximum absolute atomic E-state index is 11.5. The molecule has 0 amide bonds. The summed E-state index contributed by atoms with van der Waals surface area (Å²) >= 11 is 11.2. The molecule has 0 bridgehead atoms. The number of fused-ring (bicyclic) bond motifs is 1. The number of halogens is 2. The van der Waals surface area contributed by atoms with Crippen molar-refractivity contribution in [3.8, 4) is 0 Å². The van der Waals surface area contributed by atoms with E-state index in [0.717, 1.165) is 0 Å². The first-order chi connectivity index (χ1) is 7.63. The van der Waals surface area contributed by atoms with Crippen LogP contribution in [0.1, 0.15) is 34.7 Å². The second-order valence-corrected chi connectivity index (χ2v) is 3.44. The summed E-state index contributed by atoms with van der Waals surface area (Å²) in [5.41, 5.74) is 0.263. The molecule has 1 aliphatic carbocycles. The Morgan fingerprint density at radius 3 is 2.25 bits per heavy atom. The minimum atomic E-state index is -0.508. The van der Waals surface area contributed by atoms with Gasteiger partial charge in [-0.25, -0.2) is 0 Å². The number of Topliss-reactive ketones (excluding diaryl/α,β-unsaturated/α-hetero) is 2. The molecule has 0 radical (unpaired) electrons. The van der Waals surface area contributed by atoms with Gasteiger partial charge < -0.3 is 0 Å². The lowest BCUT2D eigenvalue weighted by Gasteiger charge is -2.11. The predicted octanol–water partition coefficient (Wildman–Crippen LogP) is 3.18. The summed E-state index contributed by atoms with van der Waals surface area (Å²) in [6, 6.07) is 3.06. The third-order valence-corrected chi connectivity index (χ3v) is 2.68. The van der Waals surface area contributed by atoms with Crippen molar-refractivity contribution in [1.29, 1.82) is 0 Å². The van der Waals surface area contributed by atoms with Gasteiger partial charge in [-0.3, -0.25) is 14.6 Å². The third kappa shape index (κ3) is 2.01. The van der Waals surface area contributed by atoms with E-state index in [4.69, 9.17) is 23.2 Å². The van der Waals surface area contributed by atoms with Crippen LogP contribution in [-0.2, 0) is 0 Å². The Morgan fingerprint density at radius 1 is 1.06 bits per heavy atom. The lowest BCUT2D eigenvalue weighted by atomic mass is 10.00. The van der Waals surface area contributed by atoms with Crippen molar-refractivity contribution in [3.05, 3.63) is 39.7 Å². The van der Waals surface area contributed by atoms with Crippen molar-refractivity contribution in [3.63, 3.8) is 0 Å². The zero-order chi connectivity index (χ0) is 12.3. The number of rotatable bonds is 0. The van der Waals surface area contributed by atoms with Gasteiger partial charge >= 0.3 is 0 Å². The van der Waals surface area contributed by atoms with Crippen LogP contribution in [0.5, 0.6) is 0 Å². The molecule has 1 aromatic rings. The minimum Gasteiger partial charge on any atom is -0.287 e. The molecule has 0 atom stereocenters. The lowest BCUT2D eigenvalue weighted by Crippen LogP contribution is -2.18. The molecule has 84 valence electrons. The van der Waals surface area contributed by atoms with E-state index in [-0.39, 0.29) is 21.3 Å². The molecule has 1 heterocycles. The van der Waals surface area contributed by atoms with Crippen molar-refractivity contribution in [2.75, 3.05) is 0 Å². The summed E-state index contributed by atoms with van der Waals surface area (Å²) in [4.78, 5) is 26.8. The van der Waals surface area contributed by atoms with Gasteiger partial charge in [-0.15, -0.1) is 0 Å². The highest BCUT2D eigenvalue weighted by atomic mass is 35.5. The monoisotopic (exact) mass is 257 g/mol. The number of carbonyl (C=O) groups is 2. The molecular formula is C11H9Cl2NO2. The van der Waals surface area contributed by atoms with Crippen LogP contribution < -0.4 is 0 Å². The largest absolute Gasteiger partial charge is 0.287 e. The molecule has 1 aromatic heterocycles. The summed E-state index contributed by atoms with van der Waals surface area (Å²) in [5, 5.41) is -0.500. The molecule has 0 N–H and O–H groups in total. The Kier molecular flexibility index (Phi) is 4.21. The van der Waals surface area contributed by atoms with Gasteiger partial charge in [-0.2, -0.15) is 0 Å². The quantitative estimate of drug-likeness (QED) is 0.718. The van der Waals surface area contributed by atoms with E-state index < -0.39 is 11.6 Å². The molecule has 3 nitrogen and oxygen atoms in total. The fourth-order valence-electron chi connectivity index (χ4n) is 1.19. The molecule has 0 saturated carbocycles. The fourth-order valence-corrected chi connectivity index (χ4v) is 1.55. The number of aromatic nitrogens is 1. The number of allylic oxidation sites excluding steroid dienone is 2. The van der Waals surface area contributed by atoms with Gasteiger partial charge in [0, 0.05) is 6.20 Å². The molecule has 16 heavy (non-hydrogen) atoms. The second-order valence-electron chi connectivity index (χ2n) is 2.69. The van der Waals surface area contributed by atoms with Crippen molar-refractivity contribution in [2.24, 2.45) is 0 Å². The molecule has 2 rings (SSSR count). The average molecular weight is 258 g/mol. The molecule has 0 saturated heterocycles. The second kappa shape index (κ2) is 5.23. The number of ketones is 2. The number of carbonyl (C=O) groups excluding carboxylic acids is 2. The topological polar surface area (TPSA) is 47.0 Å². The van der Waals surface area contributed by atoms with Crippen LogP contribution in [0, 0.1) is 0 Å². The molecule has 0 unspecified atom stereocenters. The minimum absolute atomic E-state index is 0.0619. The lowest BCUT2D eigenvalue weighted by molar-refractivity contribution is 0.0983. The molecule has 0 aliphatic heterocycles. The maximum atomic E-state index is 11.5. The van der Waals surface area contributed by atoms with Crippen molar-refractivity contribution >= 4 is 34.8 Å². The first-order valence-corrected chi connectivity index (χ1v) is 5.48. The molecular weight excluding hydrogens is 249 g/mol. The zero-order valence-electron chi connectivity index (χ0n) is 8.75. The smallest absolute Gasteiger partial charge is 0.225 e. The van der Waals surface area contributed by atoms with Gasteiger partial charge in [0.25, 0.3) is 0 Å². The Labute approximate surface area is 103 Å². The van der Waals surface area contributed by atoms with E-state index in [1.807, 2.05) is 13.8 Å². The van der Waals surface area contributed by atoms with E-state index in [0.29, 0.717) is 0 Å². The summed E-state index contributed by atoms with van der Waals surface area (Å²) in [6.45, 7) is 4.00. The van der Waals surface area contributed by atoms with E-state index in [9.17, 15) is 9.59 Å². The van der Waals surface area contributed by atoms with E-state index in [2.05, 4.69) is 4.98 Å². The van der Waals surface area contributed by atoms with Gasteiger partial charge in [0.2, 0.25) is 11.6 Å². The summed E-state index contributed by atoms with van der Waals surface area (Å²) in [5.74, 6) is -0.966. The Morgan fingerprint density at radius 2 is 1.62 bits per heavy atom. The average Bonchev–Trinajstić information content (AvgIpc) is 2.36. The van der Waals surface area contributed by atoms with Crippen LogP contribution >= 0.6 is 23.2 Å². The van der Waals surface area contributed by atoms with Crippen LogP contribution in [0.2, 0.25) is 0 Å². The molecule has 0 spiro atoms. The molecule has 0 fully saturated rings. The van der Waals surface area contributed by atoms with Gasteiger partial charge in [0.1, 0.15) is 15.8 Å². The number of nitrogens with zero attached hydrogens (tertiary/aromatic N) is 1. The third-order valence-electron chi connectivity index (χ3n) is 1.86. The summed E-state index contributed by atoms with van der Waals surface area (Å²) < 4.78 is 0. The van der Waals surface area contributed by atoms with E-state index in [1.165, 1.54) is 12.3 Å². The Hall–Kier alpha value is -1.19. The van der Waals surface area contributed by atoms with Gasteiger partial charge in [0.15, 0.2) is 0 Å². The van der Waals surface area contributed by atoms with Gasteiger partial charge in [-0.1, -0.05) is 37.0 Å².